The molecule has 0 saturated heterocycles. The van der Waals surface area contributed by atoms with E-state index < -0.39 is 10.4 Å². The number of hydrogen-bond acceptors (Lipinski definition) is 4. The second kappa shape index (κ2) is 7.73. The van der Waals surface area contributed by atoms with Gasteiger partial charge in [-0.25, -0.2) is 8.42 Å². The first-order valence-electron chi connectivity index (χ1n) is 4.62. The van der Waals surface area contributed by atoms with Crippen molar-refractivity contribution in [1.29, 1.82) is 0 Å². The predicted octanol–water partition coefficient (Wildman–Crippen LogP) is -1.14. The van der Waals surface area contributed by atoms with Gasteiger partial charge in [0, 0.05) is 5.39 Å². The van der Waals surface area contributed by atoms with Crippen LogP contribution >= 0.6 is 0 Å². The molecule has 0 saturated carbocycles. The Bertz CT molecular complexity index is 584. The van der Waals surface area contributed by atoms with E-state index in [-0.39, 0.29) is 29.6 Å². The molecule has 5 nitrogen and oxygen atoms in total. The minimum Gasteiger partial charge on any atom is -0.726 e. The van der Waals surface area contributed by atoms with Crippen molar-refractivity contribution >= 4 is 21.2 Å². The van der Waals surface area contributed by atoms with Crippen LogP contribution in [0.3, 0.4) is 0 Å². The number of methoxy groups -OCH3 is 1. The Hall–Kier alpha value is -0.630. The number of rotatable bonds is 1. The fourth-order valence-electron chi connectivity index (χ4n) is 1.37. The van der Waals surface area contributed by atoms with Gasteiger partial charge in [-0.2, -0.15) is 0 Å². The van der Waals surface area contributed by atoms with E-state index in [1.807, 2.05) is 24.3 Å². The summed E-state index contributed by atoms with van der Waals surface area (Å²) in [4.78, 5) is 0. The van der Waals surface area contributed by atoms with E-state index in [0.717, 1.165) is 5.75 Å². The molecule has 0 spiro atoms. The van der Waals surface area contributed by atoms with Crippen LogP contribution in [0.25, 0.3) is 10.8 Å². The molecule has 0 aliphatic rings. The van der Waals surface area contributed by atoms with Crippen LogP contribution in [-0.4, -0.2) is 24.6 Å². The van der Waals surface area contributed by atoms with E-state index >= 15 is 0 Å². The SMILES string of the molecule is COc1cccc2ccccc12.O=S(=O)([O-])O.[Na+]. The smallest absolute Gasteiger partial charge is 0.726 e. The zero-order valence-corrected chi connectivity index (χ0v) is 12.8. The van der Waals surface area contributed by atoms with Gasteiger partial charge in [0.25, 0.3) is 0 Å². The van der Waals surface area contributed by atoms with Crippen molar-refractivity contribution < 1.29 is 51.8 Å². The van der Waals surface area contributed by atoms with Gasteiger partial charge < -0.3 is 9.29 Å². The molecule has 0 unspecified atom stereocenters. The maximum absolute atomic E-state index is 8.63. The first-order valence-corrected chi connectivity index (χ1v) is 5.98. The van der Waals surface area contributed by atoms with E-state index in [1.54, 1.807) is 7.11 Å². The monoisotopic (exact) mass is 278 g/mol. The molecular formula is C11H11NaO5S. The summed E-state index contributed by atoms with van der Waals surface area (Å²) in [6.45, 7) is 0. The minimum atomic E-state index is -4.92. The second-order valence-corrected chi connectivity index (χ2v) is 3.96. The van der Waals surface area contributed by atoms with Gasteiger partial charge in [-0.05, 0) is 11.5 Å². The van der Waals surface area contributed by atoms with Gasteiger partial charge in [-0.3, -0.25) is 4.55 Å². The largest absolute Gasteiger partial charge is 1.00 e. The third kappa shape index (κ3) is 6.34. The van der Waals surface area contributed by atoms with Gasteiger partial charge in [0.15, 0.2) is 0 Å². The number of ether oxygens (including phenoxy) is 1. The second-order valence-electron chi connectivity index (χ2n) is 3.11. The van der Waals surface area contributed by atoms with Crippen LogP contribution < -0.4 is 34.3 Å². The average molecular weight is 278 g/mol. The Kier molecular flexibility index (Phi) is 7.46. The van der Waals surface area contributed by atoms with Crippen LogP contribution in [0.1, 0.15) is 0 Å². The van der Waals surface area contributed by atoms with Crippen molar-refractivity contribution in [2.75, 3.05) is 7.11 Å². The Morgan fingerprint density at radius 1 is 1.11 bits per heavy atom. The van der Waals surface area contributed by atoms with Crippen LogP contribution in [0.15, 0.2) is 42.5 Å². The van der Waals surface area contributed by atoms with Gasteiger partial charge in [-0.15, -0.1) is 0 Å². The first kappa shape index (κ1) is 17.4. The quantitative estimate of drug-likeness (QED) is 0.405. The molecule has 0 radical (unpaired) electrons. The van der Waals surface area contributed by atoms with Crippen LogP contribution in [-0.2, 0) is 10.4 Å². The minimum absolute atomic E-state index is 0. The van der Waals surface area contributed by atoms with Crippen LogP contribution in [0, 0.1) is 0 Å². The molecule has 0 aliphatic carbocycles. The van der Waals surface area contributed by atoms with Crippen molar-refractivity contribution in [2.24, 2.45) is 0 Å². The standard InChI is InChI=1S/C11H10O.Na.H2O4S/c1-12-11-8-4-6-9-5-2-3-7-10(9)11;;1-5(2,3)4/h2-8H,1H3;;(H2,1,2,3,4)/q;+1;/p-1. The fourth-order valence-corrected chi connectivity index (χ4v) is 1.37. The molecule has 2 aromatic rings. The van der Waals surface area contributed by atoms with Gasteiger partial charge in [0.2, 0.25) is 10.4 Å². The molecule has 0 aliphatic heterocycles. The summed E-state index contributed by atoms with van der Waals surface area (Å²) in [5.74, 6) is 0.938. The van der Waals surface area contributed by atoms with Crippen molar-refractivity contribution in [3.8, 4) is 5.75 Å². The summed E-state index contributed by atoms with van der Waals surface area (Å²) in [5.41, 5.74) is 0. The Balaban J connectivity index is 0.000000421. The topological polar surface area (TPSA) is 86.7 Å². The summed E-state index contributed by atoms with van der Waals surface area (Å²) in [7, 11) is -3.22. The normalized spacial score (nSPS) is 9.94. The molecule has 1 N–H and O–H groups in total. The van der Waals surface area contributed by atoms with Gasteiger partial charge in [0.1, 0.15) is 5.75 Å². The van der Waals surface area contributed by atoms with E-state index in [2.05, 4.69) is 18.2 Å². The molecule has 7 heteroatoms. The van der Waals surface area contributed by atoms with E-state index in [0.29, 0.717) is 0 Å². The zero-order valence-electron chi connectivity index (χ0n) is 10.0. The number of fused-ring (bicyclic) bond motifs is 1. The third-order valence-corrected chi connectivity index (χ3v) is 1.97. The molecule has 2 aromatic carbocycles. The zero-order chi connectivity index (χ0) is 12.9. The van der Waals surface area contributed by atoms with Crippen LogP contribution in [0.2, 0.25) is 0 Å². The van der Waals surface area contributed by atoms with Crippen molar-refractivity contribution in [3.63, 3.8) is 0 Å². The first-order chi connectivity index (χ1) is 7.92. The van der Waals surface area contributed by atoms with Crippen LogP contribution in [0.4, 0.5) is 0 Å². The third-order valence-electron chi connectivity index (χ3n) is 1.97. The maximum atomic E-state index is 8.63. The number of hydrogen-bond donors (Lipinski definition) is 1. The molecule has 2 rings (SSSR count). The Labute approximate surface area is 128 Å². The Morgan fingerprint density at radius 3 is 2.17 bits per heavy atom. The summed E-state index contributed by atoms with van der Waals surface area (Å²) < 4.78 is 38.1. The molecule has 0 heterocycles. The summed E-state index contributed by atoms with van der Waals surface area (Å²) in [6.07, 6.45) is 0. The molecule has 0 bridgehead atoms. The summed E-state index contributed by atoms with van der Waals surface area (Å²) in [6, 6.07) is 14.2. The molecule has 0 amide bonds. The number of benzene rings is 2. The molecular weight excluding hydrogens is 267 g/mol. The molecule has 92 valence electrons. The fraction of sp³-hybridized carbons (Fsp3) is 0.0909. The summed E-state index contributed by atoms with van der Waals surface area (Å²) >= 11 is 0. The van der Waals surface area contributed by atoms with Gasteiger partial charge >= 0.3 is 29.6 Å². The summed E-state index contributed by atoms with van der Waals surface area (Å²) in [5, 5.41) is 2.39. The van der Waals surface area contributed by atoms with Crippen molar-refractivity contribution in [2.45, 2.75) is 0 Å². The molecule has 18 heavy (non-hydrogen) atoms. The predicted molar refractivity (Wildman–Crippen MR) is 62.8 cm³/mol. The Morgan fingerprint density at radius 2 is 1.61 bits per heavy atom. The molecule has 0 fully saturated rings. The molecule has 0 atom stereocenters. The van der Waals surface area contributed by atoms with Crippen molar-refractivity contribution in [1.82, 2.24) is 0 Å². The maximum Gasteiger partial charge on any atom is 1.00 e. The van der Waals surface area contributed by atoms with Crippen molar-refractivity contribution in [3.05, 3.63) is 42.5 Å². The van der Waals surface area contributed by atoms with Crippen LogP contribution in [0.5, 0.6) is 5.75 Å². The average Bonchev–Trinajstić information content (AvgIpc) is 2.26. The molecule has 0 aromatic heterocycles. The van der Waals surface area contributed by atoms with E-state index in [1.165, 1.54) is 10.8 Å². The van der Waals surface area contributed by atoms with Gasteiger partial charge in [-0.1, -0.05) is 36.4 Å². The van der Waals surface area contributed by atoms with E-state index in [4.69, 9.17) is 22.3 Å². The van der Waals surface area contributed by atoms with Gasteiger partial charge in [0.05, 0.1) is 7.11 Å². The van der Waals surface area contributed by atoms with E-state index in [9.17, 15) is 0 Å².